The Bertz CT molecular complexity index is 1360. The van der Waals surface area contributed by atoms with E-state index in [1.165, 1.54) is 0 Å². The van der Waals surface area contributed by atoms with E-state index in [1.54, 1.807) is 53.1 Å². The van der Waals surface area contributed by atoms with Crippen LogP contribution in [0.3, 0.4) is 0 Å². The zero-order valence-corrected chi connectivity index (χ0v) is 21.6. The van der Waals surface area contributed by atoms with Gasteiger partial charge in [0, 0.05) is 33.5 Å². The summed E-state index contributed by atoms with van der Waals surface area (Å²) in [7, 11) is 0. The molecule has 0 bridgehead atoms. The lowest BCUT2D eigenvalue weighted by molar-refractivity contribution is -0.112. The highest BCUT2D eigenvalue weighted by Gasteiger charge is 2.34. The molecule has 3 aromatic rings. The number of nitrogens with zero attached hydrogens (tertiary/aromatic N) is 2. The van der Waals surface area contributed by atoms with Gasteiger partial charge < -0.3 is 15.3 Å². The van der Waals surface area contributed by atoms with E-state index >= 15 is 0 Å². The normalized spacial score (nSPS) is 13.5. The SMILES string of the molecule is CCCN1C(=O)/C(=N/NC(=O)Nc2cccc(Cl)c2)c2cc(SCCc3ccc(C(=O)O)cc3)ccc21. The molecule has 3 N–H and O–H groups in total. The summed E-state index contributed by atoms with van der Waals surface area (Å²) in [6.45, 7) is 2.53. The quantitative estimate of drug-likeness (QED) is 0.241. The number of benzene rings is 3. The number of carbonyl (C=O) groups excluding carboxylic acids is 2. The number of nitrogens with one attached hydrogen (secondary N) is 2. The summed E-state index contributed by atoms with van der Waals surface area (Å²) < 4.78 is 0. The van der Waals surface area contributed by atoms with Crippen LogP contribution in [0.25, 0.3) is 0 Å². The van der Waals surface area contributed by atoms with E-state index < -0.39 is 12.0 Å². The number of carbonyl (C=O) groups is 3. The Hall–Kier alpha value is -3.82. The molecule has 0 aromatic heterocycles. The van der Waals surface area contributed by atoms with Gasteiger partial charge in [-0.1, -0.05) is 36.7 Å². The second kappa shape index (κ2) is 11.9. The zero-order valence-electron chi connectivity index (χ0n) is 20.0. The summed E-state index contributed by atoms with van der Waals surface area (Å²) >= 11 is 7.58. The Morgan fingerprint density at radius 1 is 1.08 bits per heavy atom. The molecule has 190 valence electrons. The lowest BCUT2D eigenvalue weighted by Crippen LogP contribution is -2.33. The molecule has 0 saturated carbocycles. The van der Waals surface area contributed by atoms with E-state index in [4.69, 9.17) is 16.7 Å². The minimum absolute atomic E-state index is 0.177. The van der Waals surface area contributed by atoms with Gasteiger partial charge in [-0.3, -0.25) is 4.79 Å². The summed E-state index contributed by atoms with van der Waals surface area (Å²) in [5, 5.41) is 16.3. The van der Waals surface area contributed by atoms with Gasteiger partial charge in [0.15, 0.2) is 5.71 Å². The molecule has 10 heteroatoms. The molecular weight excluding hydrogens is 512 g/mol. The van der Waals surface area contributed by atoms with Crippen molar-refractivity contribution in [2.45, 2.75) is 24.7 Å². The van der Waals surface area contributed by atoms with Crippen molar-refractivity contribution < 1.29 is 19.5 Å². The van der Waals surface area contributed by atoms with Crippen LogP contribution >= 0.6 is 23.4 Å². The van der Waals surface area contributed by atoms with Gasteiger partial charge >= 0.3 is 12.0 Å². The fourth-order valence-electron chi connectivity index (χ4n) is 3.87. The second-order valence-corrected chi connectivity index (χ2v) is 9.88. The van der Waals surface area contributed by atoms with Gasteiger partial charge in [-0.05, 0) is 66.9 Å². The molecule has 37 heavy (non-hydrogen) atoms. The highest BCUT2D eigenvalue weighted by atomic mass is 35.5. The van der Waals surface area contributed by atoms with E-state index in [2.05, 4.69) is 15.8 Å². The van der Waals surface area contributed by atoms with Crippen molar-refractivity contribution in [3.63, 3.8) is 0 Å². The molecule has 3 amide bonds. The van der Waals surface area contributed by atoms with Gasteiger partial charge in [0.1, 0.15) is 0 Å². The van der Waals surface area contributed by atoms with Crippen LogP contribution < -0.4 is 15.6 Å². The van der Waals surface area contributed by atoms with Gasteiger partial charge in [-0.15, -0.1) is 11.8 Å². The van der Waals surface area contributed by atoms with Gasteiger partial charge in [-0.25, -0.2) is 15.0 Å². The molecule has 0 aliphatic carbocycles. The van der Waals surface area contributed by atoms with Gasteiger partial charge in [0.25, 0.3) is 5.91 Å². The number of hydrogen-bond acceptors (Lipinski definition) is 5. The maximum atomic E-state index is 13.1. The number of hydrazone groups is 1. The van der Waals surface area contributed by atoms with E-state index in [0.29, 0.717) is 22.8 Å². The molecule has 0 radical (unpaired) electrons. The van der Waals surface area contributed by atoms with Gasteiger partial charge in [-0.2, -0.15) is 5.10 Å². The molecule has 0 unspecified atom stereocenters. The molecule has 0 fully saturated rings. The predicted octanol–water partition coefficient (Wildman–Crippen LogP) is 5.66. The molecule has 1 aliphatic heterocycles. The molecule has 0 atom stereocenters. The van der Waals surface area contributed by atoms with Crippen molar-refractivity contribution in [1.82, 2.24) is 5.43 Å². The van der Waals surface area contributed by atoms with Gasteiger partial charge in [0.2, 0.25) is 0 Å². The van der Waals surface area contributed by atoms with Crippen LogP contribution in [0.4, 0.5) is 16.2 Å². The number of halogens is 1. The monoisotopic (exact) mass is 536 g/mol. The largest absolute Gasteiger partial charge is 0.478 e. The topological polar surface area (TPSA) is 111 Å². The number of aromatic carboxylic acids is 1. The summed E-state index contributed by atoms with van der Waals surface area (Å²) in [4.78, 5) is 39.1. The van der Waals surface area contributed by atoms with Crippen LogP contribution in [-0.2, 0) is 11.2 Å². The minimum Gasteiger partial charge on any atom is -0.478 e. The summed E-state index contributed by atoms with van der Waals surface area (Å²) in [6, 6.07) is 18.8. The van der Waals surface area contributed by atoms with Crippen LogP contribution in [0.2, 0.25) is 5.02 Å². The number of fused-ring (bicyclic) bond motifs is 1. The van der Waals surface area contributed by atoms with Crippen molar-refractivity contribution >= 4 is 58.4 Å². The first-order valence-electron chi connectivity index (χ1n) is 11.7. The fourth-order valence-corrected chi connectivity index (χ4v) is 5.00. The molecule has 1 aliphatic rings. The van der Waals surface area contributed by atoms with E-state index in [9.17, 15) is 14.4 Å². The van der Waals surface area contributed by atoms with Crippen molar-refractivity contribution in [3.05, 3.63) is 88.4 Å². The number of amides is 3. The average molecular weight is 537 g/mol. The maximum Gasteiger partial charge on any atom is 0.339 e. The number of urea groups is 1. The van der Waals surface area contributed by atoms with Crippen LogP contribution in [0.5, 0.6) is 0 Å². The molecule has 8 nitrogen and oxygen atoms in total. The molecule has 3 aromatic carbocycles. The highest BCUT2D eigenvalue weighted by Crippen LogP contribution is 2.33. The molecule has 1 heterocycles. The first-order valence-corrected chi connectivity index (χ1v) is 13.0. The van der Waals surface area contributed by atoms with Crippen molar-refractivity contribution in [1.29, 1.82) is 0 Å². The average Bonchev–Trinajstić information content (AvgIpc) is 3.13. The van der Waals surface area contributed by atoms with E-state index in [1.807, 2.05) is 37.3 Å². The standard InChI is InChI=1S/C27H25ClN4O4S/c1-2-13-32-23-11-10-21(37-14-12-17-6-8-18(9-7-17)26(34)35)16-22(23)24(25(32)33)30-31-27(36)29-20-5-3-4-19(28)15-20/h3-11,15-16H,2,12-14H2,1H3,(H,34,35)(H2,29,31,36)/b30-24+. The van der Waals surface area contributed by atoms with Crippen molar-refractivity contribution in [3.8, 4) is 0 Å². The minimum atomic E-state index is -0.945. The number of aryl methyl sites for hydroxylation is 1. The zero-order chi connectivity index (χ0) is 26.4. The Morgan fingerprint density at radius 3 is 2.57 bits per heavy atom. The maximum absolute atomic E-state index is 13.1. The lowest BCUT2D eigenvalue weighted by Gasteiger charge is -2.15. The number of carboxylic acids is 1. The second-order valence-electron chi connectivity index (χ2n) is 8.27. The van der Waals surface area contributed by atoms with E-state index in [-0.39, 0.29) is 17.2 Å². The Kier molecular flexibility index (Phi) is 8.47. The Morgan fingerprint density at radius 2 is 1.86 bits per heavy atom. The Labute approximate surface area is 223 Å². The molecule has 0 saturated heterocycles. The molecule has 4 rings (SSSR count). The number of hydrogen-bond donors (Lipinski definition) is 3. The third-order valence-corrected chi connectivity index (χ3v) is 6.85. The highest BCUT2D eigenvalue weighted by molar-refractivity contribution is 7.99. The first kappa shape index (κ1) is 26.2. The molecule has 0 spiro atoms. The van der Waals surface area contributed by atoms with Crippen LogP contribution in [-0.4, -0.2) is 41.0 Å². The van der Waals surface area contributed by atoms with Crippen molar-refractivity contribution in [2.24, 2.45) is 5.10 Å². The van der Waals surface area contributed by atoms with Crippen LogP contribution in [0.15, 0.2) is 76.7 Å². The van der Waals surface area contributed by atoms with Crippen LogP contribution in [0, 0.1) is 0 Å². The van der Waals surface area contributed by atoms with Gasteiger partial charge in [0.05, 0.1) is 11.3 Å². The predicted molar refractivity (Wildman–Crippen MR) is 147 cm³/mol. The summed E-state index contributed by atoms with van der Waals surface area (Å²) in [5.41, 5.74) is 5.83. The van der Waals surface area contributed by atoms with Crippen LogP contribution in [0.1, 0.15) is 34.8 Å². The third kappa shape index (κ3) is 6.49. The smallest absolute Gasteiger partial charge is 0.339 e. The number of anilines is 2. The van der Waals surface area contributed by atoms with Crippen molar-refractivity contribution in [2.75, 3.05) is 22.5 Å². The number of rotatable bonds is 9. The molecular formula is C27H25ClN4O4S. The third-order valence-electron chi connectivity index (χ3n) is 5.62. The first-order chi connectivity index (χ1) is 17.9. The number of carboxylic acid groups (broad SMARTS) is 1. The summed E-state index contributed by atoms with van der Waals surface area (Å²) in [6.07, 6.45) is 1.53. The Balaban J connectivity index is 1.46. The summed E-state index contributed by atoms with van der Waals surface area (Å²) in [5.74, 6) is -0.440. The van der Waals surface area contributed by atoms with E-state index in [0.717, 1.165) is 34.7 Å². The number of thioether (sulfide) groups is 1. The fraction of sp³-hybridized carbons (Fsp3) is 0.185. The lowest BCUT2D eigenvalue weighted by atomic mass is 10.1.